The number of rotatable bonds is 7. The second kappa shape index (κ2) is 9.32. The molecule has 1 aliphatic rings. The normalized spacial score (nSPS) is 16.7. The molecule has 0 spiro atoms. The van der Waals surface area contributed by atoms with Gasteiger partial charge in [0.15, 0.2) is 0 Å². The summed E-state index contributed by atoms with van der Waals surface area (Å²) in [6, 6.07) is 13.3. The highest BCUT2D eigenvalue weighted by Crippen LogP contribution is 2.20. The second-order valence-corrected chi connectivity index (χ2v) is 6.53. The van der Waals surface area contributed by atoms with E-state index in [1.54, 1.807) is 24.1 Å². The first-order valence-corrected chi connectivity index (χ1v) is 9.13. The van der Waals surface area contributed by atoms with Crippen molar-refractivity contribution in [2.75, 3.05) is 31.7 Å². The molecule has 0 saturated carbocycles. The average molecular weight is 386 g/mol. The molecular formula is C21H23FN2O4. The fraction of sp³-hybridized carbons (Fsp3) is 0.333. The van der Waals surface area contributed by atoms with Gasteiger partial charge in [0.2, 0.25) is 5.91 Å². The van der Waals surface area contributed by atoms with Crippen LogP contribution in [-0.2, 0) is 20.7 Å². The lowest BCUT2D eigenvalue weighted by molar-refractivity contribution is -0.129. The van der Waals surface area contributed by atoms with Crippen LogP contribution < -0.4 is 15.0 Å². The van der Waals surface area contributed by atoms with E-state index in [1.807, 2.05) is 24.3 Å². The van der Waals surface area contributed by atoms with E-state index in [0.29, 0.717) is 31.6 Å². The number of hydrogen-bond acceptors (Lipinski definition) is 4. The molecule has 2 amide bonds. The molecule has 1 fully saturated rings. The highest BCUT2D eigenvalue weighted by molar-refractivity contribution is 5.95. The first-order chi connectivity index (χ1) is 13.6. The van der Waals surface area contributed by atoms with Gasteiger partial charge in [-0.2, -0.15) is 0 Å². The third kappa shape index (κ3) is 5.07. The van der Waals surface area contributed by atoms with Gasteiger partial charge in [-0.3, -0.25) is 9.59 Å². The number of amides is 2. The van der Waals surface area contributed by atoms with Gasteiger partial charge in [-0.15, -0.1) is 0 Å². The van der Waals surface area contributed by atoms with Crippen LogP contribution >= 0.6 is 0 Å². The molecule has 7 heteroatoms. The first-order valence-electron chi connectivity index (χ1n) is 9.13. The van der Waals surface area contributed by atoms with E-state index in [1.165, 1.54) is 12.1 Å². The predicted octanol–water partition coefficient (Wildman–Crippen LogP) is 2.32. The standard InChI is InChI=1S/C21H23FN2O4/c1-27-19-5-3-2-4-15(19)6-11-20(25)23-12-18-13-24(21(26)14-28-18)17-9-7-16(22)8-10-17/h2-5,7-10,18H,6,11-14H2,1H3,(H,23,25). The molecular weight excluding hydrogens is 363 g/mol. The number of ether oxygens (including phenoxy) is 2. The Bertz CT molecular complexity index is 825. The number of carbonyl (C=O) groups is 2. The van der Waals surface area contributed by atoms with Gasteiger partial charge in [0.25, 0.3) is 5.91 Å². The van der Waals surface area contributed by atoms with E-state index in [9.17, 15) is 14.0 Å². The summed E-state index contributed by atoms with van der Waals surface area (Å²) in [5, 5.41) is 2.85. The van der Waals surface area contributed by atoms with Gasteiger partial charge in [0.05, 0.1) is 19.8 Å². The van der Waals surface area contributed by atoms with Gasteiger partial charge in [-0.05, 0) is 42.3 Å². The molecule has 28 heavy (non-hydrogen) atoms. The Hall–Kier alpha value is -2.93. The number of nitrogens with one attached hydrogen (secondary N) is 1. The summed E-state index contributed by atoms with van der Waals surface area (Å²) in [4.78, 5) is 25.8. The number of anilines is 1. The molecule has 6 nitrogen and oxygen atoms in total. The summed E-state index contributed by atoms with van der Waals surface area (Å²) in [5.41, 5.74) is 1.59. The fourth-order valence-corrected chi connectivity index (χ4v) is 3.09. The molecule has 0 radical (unpaired) electrons. The number of morpholine rings is 1. The van der Waals surface area contributed by atoms with Crippen LogP contribution in [0.1, 0.15) is 12.0 Å². The number of para-hydroxylation sites is 1. The summed E-state index contributed by atoms with van der Waals surface area (Å²) >= 11 is 0. The number of carbonyl (C=O) groups excluding carboxylic acids is 2. The Balaban J connectivity index is 1.49. The summed E-state index contributed by atoms with van der Waals surface area (Å²) < 4.78 is 23.9. The molecule has 2 aromatic rings. The lowest BCUT2D eigenvalue weighted by atomic mass is 10.1. The van der Waals surface area contributed by atoms with Crippen LogP contribution in [0.3, 0.4) is 0 Å². The second-order valence-electron chi connectivity index (χ2n) is 6.53. The van der Waals surface area contributed by atoms with Gasteiger partial charge in [0.1, 0.15) is 18.2 Å². The molecule has 1 heterocycles. The van der Waals surface area contributed by atoms with Gasteiger partial charge in [-0.25, -0.2) is 4.39 Å². The van der Waals surface area contributed by atoms with Gasteiger partial charge < -0.3 is 19.7 Å². The minimum absolute atomic E-state index is 0.0703. The van der Waals surface area contributed by atoms with Gasteiger partial charge in [0, 0.05) is 18.7 Å². The number of halogens is 1. The van der Waals surface area contributed by atoms with Crippen LogP contribution in [0.2, 0.25) is 0 Å². The van der Waals surface area contributed by atoms with Crippen molar-refractivity contribution in [1.29, 1.82) is 0 Å². The maximum Gasteiger partial charge on any atom is 0.253 e. The average Bonchev–Trinajstić information content (AvgIpc) is 2.72. The Morgan fingerprint density at radius 3 is 2.75 bits per heavy atom. The van der Waals surface area contributed by atoms with Gasteiger partial charge >= 0.3 is 0 Å². The van der Waals surface area contributed by atoms with Crippen molar-refractivity contribution in [3.8, 4) is 5.75 Å². The molecule has 148 valence electrons. The van der Waals surface area contributed by atoms with Crippen molar-refractivity contribution in [3.63, 3.8) is 0 Å². The summed E-state index contributed by atoms with van der Waals surface area (Å²) in [6.45, 7) is 0.534. The molecule has 1 atom stereocenters. The minimum atomic E-state index is -0.358. The SMILES string of the molecule is COc1ccccc1CCC(=O)NCC1CN(c2ccc(F)cc2)C(=O)CO1. The zero-order valence-corrected chi connectivity index (χ0v) is 15.7. The fourth-order valence-electron chi connectivity index (χ4n) is 3.09. The highest BCUT2D eigenvalue weighted by Gasteiger charge is 2.27. The predicted molar refractivity (Wildman–Crippen MR) is 103 cm³/mol. The van der Waals surface area contributed by atoms with Crippen LogP contribution in [0.15, 0.2) is 48.5 Å². The topological polar surface area (TPSA) is 67.9 Å². The maximum absolute atomic E-state index is 13.1. The Morgan fingerprint density at radius 1 is 1.25 bits per heavy atom. The molecule has 1 saturated heterocycles. The van der Waals surface area contributed by atoms with E-state index >= 15 is 0 Å². The Labute approximate surface area is 163 Å². The maximum atomic E-state index is 13.1. The molecule has 0 aromatic heterocycles. The van der Waals surface area contributed by atoms with Crippen LogP contribution in [-0.4, -0.2) is 44.7 Å². The minimum Gasteiger partial charge on any atom is -0.496 e. The molecule has 1 unspecified atom stereocenters. The molecule has 1 aliphatic heterocycles. The lowest BCUT2D eigenvalue weighted by Gasteiger charge is -2.32. The number of benzene rings is 2. The molecule has 0 bridgehead atoms. The lowest BCUT2D eigenvalue weighted by Crippen LogP contribution is -2.50. The molecule has 0 aliphatic carbocycles. The van der Waals surface area contributed by atoms with Crippen LogP contribution in [0, 0.1) is 5.82 Å². The van der Waals surface area contributed by atoms with E-state index < -0.39 is 0 Å². The van der Waals surface area contributed by atoms with Crippen LogP contribution in [0.25, 0.3) is 0 Å². The third-order valence-electron chi connectivity index (χ3n) is 4.61. The third-order valence-corrected chi connectivity index (χ3v) is 4.61. The smallest absolute Gasteiger partial charge is 0.253 e. The van der Waals surface area contributed by atoms with Crippen molar-refractivity contribution >= 4 is 17.5 Å². The zero-order valence-electron chi connectivity index (χ0n) is 15.7. The molecule has 3 rings (SSSR count). The largest absolute Gasteiger partial charge is 0.496 e. The van der Waals surface area contributed by atoms with E-state index in [4.69, 9.17) is 9.47 Å². The van der Waals surface area contributed by atoms with E-state index in [0.717, 1.165) is 11.3 Å². The van der Waals surface area contributed by atoms with Crippen molar-refractivity contribution in [3.05, 3.63) is 59.9 Å². The van der Waals surface area contributed by atoms with Crippen molar-refractivity contribution in [2.24, 2.45) is 0 Å². The van der Waals surface area contributed by atoms with Crippen molar-refractivity contribution < 1.29 is 23.5 Å². The molecule has 1 N–H and O–H groups in total. The monoisotopic (exact) mass is 386 g/mol. The Morgan fingerprint density at radius 2 is 2.00 bits per heavy atom. The van der Waals surface area contributed by atoms with Crippen molar-refractivity contribution in [1.82, 2.24) is 5.32 Å². The number of aryl methyl sites for hydroxylation is 1. The van der Waals surface area contributed by atoms with E-state index in [-0.39, 0.29) is 30.3 Å². The first kappa shape index (κ1) is 19.8. The number of nitrogens with zero attached hydrogens (tertiary/aromatic N) is 1. The summed E-state index contributed by atoms with van der Waals surface area (Å²) in [6.07, 6.45) is 0.577. The van der Waals surface area contributed by atoms with Crippen LogP contribution in [0.4, 0.5) is 10.1 Å². The highest BCUT2D eigenvalue weighted by atomic mass is 19.1. The Kier molecular flexibility index (Phi) is 6.60. The number of methoxy groups -OCH3 is 1. The quantitative estimate of drug-likeness (QED) is 0.793. The van der Waals surface area contributed by atoms with E-state index in [2.05, 4.69) is 5.32 Å². The number of hydrogen-bond donors (Lipinski definition) is 1. The van der Waals surface area contributed by atoms with Crippen molar-refractivity contribution in [2.45, 2.75) is 18.9 Å². The molecule has 2 aromatic carbocycles. The zero-order chi connectivity index (χ0) is 19.9. The van der Waals surface area contributed by atoms with Gasteiger partial charge in [-0.1, -0.05) is 18.2 Å². The summed E-state index contributed by atoms with van der Waals surface area (Å²) in [7, 11) is 1.60. The summed E-state index contributed by atoms with van der Waals surface area (Å²) in [5.74, 6) is 0.118. The van der Waals surface area contributed by atoms with Crippen LogP contribution in [0.5, 0.6) is 5.75 Å².